The molecule has 0 radical (unpaired) electrons. The molecule has 0 N–H and O–H groups in total. The molecule has 1 saturated carbocycles. The molecule has 8 heteroatoms. The second-order valence-electron chi connectivity index (χ2n) is 7.50. The highest BCUT2D eigenvalue weighted by Gasteiger charge is 2.37. The van der Waals surface area contributed by atoms with Gasteiger partial charge in [-0.3, -0.25) is 10.1 Å². The van der Waals surface area contributed by atoms with Crippen LogP contribution in [0.15, 0.2) is 41.3 Å². The fourth-order valence-electron chi connectivity index (χ4n) is 4.48. The summed E-state index contributed by atoms with van der Waals surface area (Å²) >= 11 is 0. The molecular formula is C18H23N3O4S. The van der Waals surface area contributed by atoms with Gasteiger partial charge in [-0.25, -0.2) is 8.42 Å². The zero-order chi connectivity index (χ0) is 18.3. The molecular weight excluding hydrogens is 354 g/mol. The molecule has 0 aromatic heterocycles. The number of hydrogen-bond acceptors (Lipinski definition) is 5. The lowest BCUT2D eigenvalue weighted by atomic mass is 9.93. The van der Waals surface area contributed by atoms with Gasteiger partial charge in [0, 0.05) is 44.9 Å². The van der Waals surface area contributed by atoms with Crippen molar-refractivity contribution >= 4 is 15.7 Å². The van der Waals surface area contributed by atoms with Gasteiger partial charge in [-0.1, -0.05) is 12.2 Å². The summed E-state index contributed by atoms with van der Waals surface area (Å²) in [5, 5.41) is 10.7. The standard InChI is InChI=1S/C18H23N3O4S/c22-21(23)17-3-5-18(6-4-17)26(24,25)20-9-7-19(8-10-20)13-16-12-14-1-2-15(16)11-14/h1-6,14-16H,7-13H2. The van der Waals surface area contributed by atoms with Gasteiger partial charge in [-0.2, -0.15) is 4.31 Å². The molecule has 140 valence electrons. The molecule has 0 spiro atoms. The van der Waals surface area contributed by atoms with Crippen LogP contribution in [-0.4, -0.2) is 55.3 Å². The van der Waals surface area contributed by atoms with Gasteiger partial charge in [0.25, 0.3) is 5.69 Å². The highest BCUT2D eigenvalue weighted by atomic mass is 32.2. The zero-order valence-corrected chi connectivity index (χ0v) is 15.3. The van der Waals surface area contributed by atoms with Crippen LogP contribution < -0.4 is 0 Å². The lowest BCUT2D eigenvalue weighted by Gasteiger charge is -2.36. The van der Waals surface area contributed by atoms with Gasteiger partial charge >= 0.3 is 0 Å². The van der Waals surface area contributed by atoms with Crippen molar-refractivity contribution in [1.82, 2.24) is 9.21 Å². The molecule has 1 aromatic carbocycles. The maximum absolute atomic E-state index is 12.8. The van der Waals surface area contributed by atoms with E-state index >= 15 is 0 Å². The summed E-state index contributed by atoms with van der Waals surface area (Å²) in [6.45, 7) is 3.47. The predicted octanol–water partition coefficient (Wildman–Crippen LogP) is 2.11. The Bertz CT molecular complexity index is 813. The maximum Gasteiger partial charge on any atom is 0.269 e. The van der Waals surface area contributed by atoms with Gasteiger partial charge in [0.2, 0.25) is 10.0 Å². The van der Waals surface area contributed by atoms with Crippen molar-refractivity contribution in [2.24, 2.45) is 17.8 Å². The lowest BCUT2D eigenvalue weighted by Crippen LogP contribution is -2.49. The van der Waals surface area contributed by atoms with Crippen LogP contribution in [0.2, 0.25) is 0 Å². The minimum absolute atomic E-state index is 0.103. The first-order valence-corrected chi connectivity index (χ1v) is 10.5. The largest absolute Gasteiger partial charge is 0.300 e. The molecule has 3 atom stereocenters. The third kappa shape index (κ3) is 3.28. The lowest BCUT2D eigenvalue weighted by molar-refractivity contribution is -0.384. The summed E-state index contributed by atoms with van der Waals surface area (Å²) in [4.78, 5) is 12.7. The number of hydrogen-bond donors (Lipinski definition) is 0. The van der Waals surface area contributed by atoms with Crippen LogP contribution in [0.4, 0.5) is 5.69 Å². The van der Waals surface area contributed by atoms with Crippen LogP contribution in [0, 0.1) is 27.9 Å². The van der Waals surface area contributed by atoms with E-state index in [1.54, 1.807) is 0 Å². The average Bonchev–Trinajstić information content (AvgIpc) is 3.25. The van der Waals surface area contributed by atoms with E-state index in [4.69, 9.17) is 0 Å². The van der Waals surface area contributed by atoms with Crippen molar-refractivity contribution in [3.63, 3.8) is 0 Å². The Hall–Kier alpha value is -1.77. The van der Waals surface area contributed by atoms with Crippen molar-refractivity contribution in [3.8, 4) is 0 Å². The normalized spacial score (nSPS) is 29.3. The number of rotatable bonds is 5. The predicted molar refractivity (Wildman–Crippen MR) is 97.1 cm³/mol. The van der Waals surface area contributed by atoms with E-state index in [2.05, 4.69) is 17.1 Å². The number of non-ortho nitro benzene ring substituents is 1. The van der Waals surface area contributed by atoms with E-state index in [0.717, 1.165) is 25.6 Å². The Balaban J connectivity index is 1.36. The van der Waals surface area contributed by atoms with E-state index in [0.29, 0.717) is 24.9 Å². The summed E-state index contributed by atoms with van der Waals surface area (Å²) in [6, 6.07) is 5.13. The second-order valence-corrected chi connectivity index (χ2v) is 9.43. The number of piperazine rings is 1. The molecule has 2 fully saturated rings. The topological polar surface area (TPSA) is 83.8 Å². The molecule has 1 heterocycles. The maximum atomic E-state index is 12.8. The summed E-state index contributed by atoms with van der Waals surface area (Å²) < 4.78 is 27.0. The van der Waals surface area contributed by atoms with Crippen LogP contribution in [-0.2, 0) is 10.0 Å². The van der Waals surface area contributed by atoms with Crippen molar-refractivity contribution in [1.29, 1.82) is 0 Å². The molecule has 3 aliphatic rings. The van der Waals surface area contributed by atoms with Crippen LogP contribution in [0.5, 0.6) is 0 Å². The fraction of sp³-hybridized carbons (Fsp3) is 0.556. The highest BCUT2D eigenvalue weighted by Crippen LogP contribution is 2.43. The van der Waals surface area contributed by atoms with Crippen LogP contribution in [0.1, 0.15) is 12.8 Å². The highest BCUT2D eigenvalue weighted by molar-refractivity contribution is 7.89. The van der Waals surface area contributed by atoms with Gasteiger partial charge < -0.3 is 4.90 Å². The summed E-state index contributed by atoms with van der Waals surface area (Å²) in [5.74, 6) is 2.18. The van der Waals surface area contributed by atoms with Crippen molar-refractivity contribution < 1.29 is 13.3 Å². The number of nitro groups is 1. The summed E-state index contributed by atoms with van der Waals surface area (Å²) in [5.41, 5.74) is -0.103. The summed E-state index contributed by atoms with van der Waals surface area (Å²) in [6.07, 6.45) is 7.26. The number of allylic oxidation sites excluding steroid dienone is 2. The quantitative estimate of drug-likeness (QED) is 0.446. The molecule has 1 aliphatic heterocycles. The van der Waals surface area contributed by atoms with Gasteiger partial charge in [-0.15, -0.1) is 0 Å². The second kappa shape index (κ2) is 6.75. The van der Waals surface area contributed by atoms with Crippen molar-refractivity contribution in [2.75, 3.05) is 32.7 Å². The third-order valence-electron chi connectivity index (χ3n) is 5.93. The minimum atomic E-state index is -3.59. The van der Waals surface area contributed by atoms with Crippen LogP contribution >= 0.6 is 0 Å². The Labute approximate surface area is 153 Å². The molecule has 2 aliphatic carbocycles. The first kappa shape index (κ1) is 17.6. The monoisotopic (exact) mass is 377 g/mol. The van der Waals surface area contributed by atoms with Crippen LogP contribution in [0.25, 0.3) is 0 Å². The van der Waals surface area contributed by atoms with Gasteiger partial charge in [0.15, 0.2) is 0 Å². The molecule has 7 nitrogen and oxygen atoms in total. The molecule has 1 saturated heterocycles. The van der Waals surface area contributed by atoms with Crippen LogP contribution in [0.3, 0.4) is 0 Å². The molecule has 0 amide bonds. The Morgan fingerprint density at radius 1 is 1.04 bits per heavy atom. The number of nitro benzene ring substituents is 1. The Kier molecular flexibility index (Phi) is 4.58. The van der Waals surface area contributed by atoms with E-state index in [1.807, 2.05) is 0 Å². The van der Waals surface area contributed by atoms with E-state index in [1.165, 1.54) is 41.4 Å². The summed E-state index contributed by atoms with van der Waals surface area (Å²) in [7, 11) is -3.59. The van der Waals surface area contributed by atoms with Crippen molar-refractivity contribution in [2.45, 2.75) is 17.7 Å². The van der Waals surface area contributed by atoms with Gasteiger partial charge in [-0.05, 0) is 42.7 Å². The van der Waals surface area contributed by atoms with Crippen molar-refractivity contribution in [3.05, 3.63) is 46.5 Å². The molecule has 2 bridgehead atoms. The molecule has 4 rings (SSSR count). The average molecular weight is 377 g/mol. The third-order valence-corrected chi connectivity index (χ3v) is 7.84. The first-order chi connectivity index (χ1) is 12.4. The number of fused-ring (bicyclic) bond motifs is 2. The number of benzene rings is 1. The van der Waals surface area contributed by atoms with Gasteiger partial charge in [0.1, 0.15) is 0 Å². The minimum Gasteiger partial charge on any atom is -0.300 e. The molecule has 3 unspecified atom stereocenters. The number of sulfonamides is 1. The fourth-order valence-corrected chi connectivity index (χ4v) is 5.90. The first-order valence-electron chi connectivity index (χ1n) is 9.09. The zero-order valence-electron chi connectivity index (χ0n) is 14.5. The SMILES string of the molecule is O=[N+]([O-])c1ccc(S(=O)(=O)N2CCN(CC3CC4C=CC3C4)CC2)cc1. The van der Waals surface area contributed by atoms with E-state index in [-0.39, 0.29) is 10.6 Å². The Morgan fingerprint density at radius 3 is 2.27 bits per heavy atom. The molecule has 26 heavy (non-hydrogen) atoms. The smallest absolute Gasteiger partial charge is 0.269 e. The van der Waals surface area contributed by atoms with E-state index in [9.17, 15) is 18.5 Å². The van der Waals surface area contributed by atoms with E-state index < -0.39 is 14.9 Å². The molecule has 1 aromatic rings. The Morgan fingerprint density at radius 2 is 1.73 bits per heavy atom. The number of nitrogens with zero attached hydrogens (tertiary/aromatic N) is 3. The van der Waals surface area contributed by atoms with Gasteiger partial charge in [0.05, 0.1) is 9.82 Å².